The summed E-state index contributed by atoms with van der Waals surface area (Å²) in [4.78, 5) is 0. The first-order valence-electron chi connectivity index (χ1n) is 4.95. The molecule has 0 atom stereocenters. The summed E-state index contributed by atoms with van der Waals surface area (Å²) in [5.41, 5.74) is 7.44. The van der Waals surface area contributed by atoms with Crippen molar-refractivity contribution in [3.63, 3.8) is 0 Å². The minimum atomic E-state index is -0.282. The Hall–Kier alpha value is -2.03. The van der Waals surface area contributed by atoms with Crippen molar-refractivity contribution >= 4 is 5.69 Å². The molecule has 0 saturated carbocycles. The Bertz CT molecular complexity index is 494. The first-order chi connectivity index (χ1) is 7.65. The molecule has 0 spiro atoms. The molecule has 3 heteroatoms. The van der Waals surface area contributed by atoms with Gasteiger partial charge >= 0.3 is 0 Å². The second-order valence-corrected chi connectivity index (χ2v) is 3.57. The van der Waals surface area contributed by atoms with Crippen LogP contribution in [0.2, 0.25) is 0 Å². The van der Waals surface area contributed by atoms with Gasteiger partial charge in [-0.1, -0.05) is 6.07 Å². The van der Waals surface area contributed by atoms with Crippen molar-refractivity contribution in [1.29, 1.82) is 0 Å². The van der Waals surface area contributed by atoms with Crippen LogP contribution in [0.25, 0.3) is 0 Å². The van der Waals surface area contributed by atoms with Crippen molar-refractivity contribution in [2.45, 2.75) is 6.92 Å². The highest BCUT2D eigenvalue weighted by atomic mass is 19.1. The molecule has 0 radical (unpaired) electrons. The lowest BCUT2D eigenvalue weighted by molar-refractivity contribution is 0.481. The summed E-state index contributed by atoms with van der Waals surface area (Å²) >= 11 is 0. The number of hydrogen-bond acceptors (Lipinski definition) is 2. The SMILES string of the molecule is Cc1ccc(Oc2ccc(F)cc2)cc1N. The third-order valence-corrected chi connectivity index (χ3v) is 2.30. The van der Waals surface area contributed by atoms with Gasteiger partial charge in [0.15, 0.2) is 0 Å². The minimum Gasteiger partial charge on any atom is -0.457 e. The smallest absolute Gasteiger partial charge is 0.129 e. The van der Waals surface area contributed by atoms with Gasteiger partial charge in [-0.3, -0.25) is 0 Å². The summed E-state index contributed by atoms with van der Waals surface area (Å²) in [7, 11) is 0. The van der Waals surface area contributed by atoms with E-state index in [0.717, 1.165) is 5.56 Å². The van der Waals surface area contributed by atoms with Crippen molar-refractivity contribution in [1.82, 2.24) is 0 Å². The third-order valence-electron chi connectivity index (χ3n) is 2.30. The normalized spacial score (nSPS) is 10.1. The van der Waals surface area contributed by atoms with Crippen LogP contribution < -0.4 is 10.5 Å². The second kappa shape index (κ2) is 4.23. The molecule has 0 heterocycles. The molecular formula is C13H12FNO. The quantitative estimate of drug-likeness (QED) is 0.781. The summed E-state index contributed by atoms with van der Waals surface area (Å²) in [5, 5.41) is 0. The number of rotatable bonds is 2. The van der Waals surface area contributed by atoms with Gasteiger partial charge in [0.2, 0.25) is 0 Å². The molecule has 0 saturated heterocycles. The monoisotopic (exact) mass is 217 g/mol. The van der Waals surface area contributed by atoms with E-state index in [2.05, 4.69) is 0 Å². The van der Waals surface area contributed by atoms with Gasteiger partial charge in [-0.15, -0.1) is 0 Å². The van der Waals surface area contributed by atoms with Gasteiger partial charge in [-0.2, -0.15) is 0 Å². The van der Waals surface area contributed by atoms with Gasteiger partial charge in [0, 0.05) is 11.8 Å². The minimum absolute atomic E-state index is 0.282. The number of nitrogen functional groups attached to an aromatic ring is 1. The molecular weight excluding hydrogens is 205 g/mol. The van der Waals surface area contributed by atoms with Crippen LogP contribution >= 0.6 is 0 Å². The topological polar surface area (TPSA) is 35.2 Å². The highest BCUT2D eigenvalue weighted by Crippen LogP contribution is 2.24. The molecule has 0 bridgehead atoms. The van der Waals surface area contributed by atoms with E-state index in [0.29, 0.717) is 17.2 Å². The molecule has 82 valence electrons. The number of nitrogens with two attached hydrogens (primary N) is 1. The van der Waals surface area contributed by atoms with Crippen LogP contribution in [-0.4, -0.2) is 0 Å². The van der Waals surface area contributed by atoms with E-state index in [4.69, 9.17) is 10.5 Å². The highest BCUT2D eigenvalue weighted by molar-refractivity contribution is 5.51. The van der Waals surface area contributed by atoms with Crippen molar-refractivity contribution < 1.29 is 9.13 Å². The maximum Gasteiger partial charge on any atom is 0.129 e. The molecule has 0 amide bonds. The zero-order valence-corrected chi connectivity index (χ0v) is 8.91. The summed E-state index contributed by atoms with van der Waals surface area (Å²) in [6.07, 6.45) is 0. The summed E-state index contributed by atoms with van der Waals surface area (Å²) in [6, 6.07) is 11.3. The standard InChI is InChI=1S/C13H12FNO/c1-9-2-5-12(8-13(9)15)16-11-6-3-10(14)4-7-11/h2-8H,15H2,1H3. The fourth-order valence-corrected chi connectivity index (χ4v) is 1.32. The highest BCUT2D eigenvalue weighted by Gasteiger charge is 2.00. The molecule has 2 aromatic carbocycles. The van der Waals surface area contributed by atoms with Gasteiger partial charge in [-0.25, -0.2) is 4.39 Å². The van der Waals surface area contributed by atoms with Crippen molar-refractivity contribution in [3.05, 3.63) is 53.8 Å². The third kappa shape index (κ3) is 2.31. The van der Waals surface area contributed by atoms with Gasteiger partial charge in [0.05, 0.1) is 0 Å². The number of hydrogen-bond donors (Lipinski definition) is 1. The largest absolute Gasteiger partial charge is 0.457 e. The Morgan fingerprint density at radius 3 is 2.25 bits per heavy atom. The van der Waals surface area contributed by atoms with E-state index in [1.807, 2.05) is 19.1 Å². The molecule has 0 aliphatic rings. The molecule has 0 fully saturated rings. The average molecular weight is 217 g/mol. The average Bonchev–Trinajstić information content (AvgIpc) is 2.27. The fraction of sp³-hybridized carbons (Fsp3) is 0.0769. The van der Waals surface area contributed by atoms with Crippen molar-refractivity contribution in [2.24, 2.45) is 0 Å². The Kier molecular flexibility index (Phi) is 2.77. The molecule has 0 aliphatic carbocycles. The molecule has 0 unspecified atom stereocenters. The first kappa shape index (κ1) is 10.5. The fourth-order valence-electron chi connectivity index (χ4n) is 1.32. The molecule has 2 rings (SSSR count). The molecule has 0 aliphatic heterocycles. The number of ether oxygens (including phenoxy) is 1. The van der Waals surface area contributed by atoms with Crippen LogP contribution in [-0.2, 0) is 0 Å². The van der Waals surface area contributed by atoms with E-state index >= 15 is 0 Å². The maximum absolute atomic E-state index is 12.7. The number of anilines is 1. The van der Waals surface area contributed by atoms with Crippen LogP contribution in [0.1, 0.15) is 5.56 Å². The van der Waals surface area contributed by atoms with E-state index in [-0.39, 0.29) is 5.82 Å². The van der Waals surface area contributed by atoms with Crippen LogP contribution in [0.5, 0.6) is 11.5 Å². The molecule has 2 aromatic rings. The van der Waals surface area contributed by atoms with E-state index in [9.17, 15) is 4.39 Å². The second-order valence-electron chi connectivity index (χ2n) is 3.57. The lowest BCUT2D eigenvalue weighted by Gasteiger charge is -2.07. The first-order valence-corrected chi connectivity index (χ1v) is 4.95. The summed E-state index contributed by atoms with van der Waals surface area (Å²) in [6.45, 7) is 1.93. The van der Waals surface area contributed by atoms with Gasteiger partial charge < -0.3 is 10.5 Å². The van der Waals surface area contributed by atoms with Crippen LogP contribution in [0.4, 0.5) is 10.1 Å². The lowest BCUT2D eigenvalue weighted by Crippen LogP contribution is -1.91. The lowest BCUT2D eigenvalue weighted by atomic mass is 10.2. The Morgan fingerprint density at radius 1 is 1.00 bits per heavy atom. The zero-order chi connectivity index (χ0) is 11.5. The van der Waals surface area contributed by atoms with Crippen molar-refractivity contribution in [2.75, 3.05) is 5.73 Å². The Balaban J connectivity index is 2.20. The molecule has 16 heavy (non-hydrogen) atoms. The van der Waals surface area contributed by atoms with E-state index in [1.54, 1.807) is 18.2 Å². The van der Waals surface area contributed by atoms with E-state index in [1.165, 1.54) is 12.1 Å². The van der Waals surface area contributed by atoms with Crippen LogP contribution in [0.3, 0.4) is 0 Å². The molecule has 2 N–H and O–H groups in total. The maximum atomic E-state index is 12.7. The molecule has 0 aromatic heterocycles. The Morgan fingerprint density at radius 2 is 1.62 bits per heavy atom. The Labute approximate surface area is 93.5 Å². The molecule has 2 nitrogen and oxygen atoms in total. The summed E-state index contributed by atoms with van der Waals surface area (Å²) < 4.78 is 18.2. The predicted octanol–water partition coefficient (Wildman–Crippen LogP) is 3.51. The van der Waals surface area contributed by atoms with Gasteiger partial charge in [0.25, 0.3) is 0 Å². The van der Waals surface area contributed by atoms with Gasteiger partial charge in [0.1, 0.15) is 17.3 Å². The van der Waals surface area contributed by atoms with Crippen molar-refractivity contribution in [3.8, 4) is 11.5 Å². The van der Waals surface area contributed by atoms with Gasteiger partial charge in [-0.05, 0) is 42.8 Å². The summed E-state index contributed by atoms with van der Waals surface area (Å²) in [5.74, 6) is 0.954. The predicted molar refractivity (Wildman–Crippen MR) is 62.1 cm³/mol. The van der Waals surface area contributed by atoms with Crippen LogP contribution in [0, 0.1) is 12.7 Å². The number of halogens is 1. The number of benzene rings is 2. The van der Waals surface area contributed by atoms with Crippen LogP contribution in [0.15, 0.2) is 42.5 Å². The zero-order valence-electron chi connectivity index (χ0n) is 8.91. The van der Waals surface area contributed by atoms with E-state index < -0.39 is 0 Å². The number of aryl methyl sites for hydroxylation is 1.